The maximum Gasteiger partial charge on any atom is 0.144 e. The second kappa shape index (κ2) is 4.76. The van der Waals surface area contributed by atoms with E-state index in [-0.39, 0.29) is 0 Å². The second-order valence-corrected chi connectivity index (χ2v) is 6.17. The molecule has 5 rings (SSSR count). The first-order valence-electron chi connectivity index (χ1n) is 7.10. The van der Waals surface area contributed by atoms with E-state index < -0.39 is 0 Å². The molecule has 0 aliphatic carbocycles. The topological polar surface area (TPSA) is 64.5 Å². The second-order valence-electron chi connectivity index (χ2n) is 5.14. The number of aromatic nitrogens is 5. The number of rotatable bonds is 1. The van der Waals surface area contributed by atoms with E-state index in [0.29, 0.717) is 0 Å². The van der Waals surface area contributed by atoms with Gasteiger partial charge in [0.1, 0.15) is 27.9 Å². The minimum absolute atomic E-state index is 0.751. The molecule has 6 heteroatoms. The van der Waals surface area contributed by atoms with Gasteiger partial charge in [-0.15, -0.1) is 11.3 Å². The Kier molecular flexibility index (Phi) is 2.59. The zero-order valence-corrected chi connectivity index (χ0v) is 12.7. The van der Waals surface area contributed by atoms with Crippen LogP contribution in [0.2, 0.25) is 0 Å². The van der Waals surface area contributed by atoms with E-state index in [1.165, 1.54) is 6.33 Å². The number of pyridine rings is 1. The van der Waals surface area contributed by atoms with Crippen LogP contribution in [0.3, 0.4) is 0 Å². The third-order valence-corrected chi connectivity index (χ3v) is 4.72. The van der Waals surface area contributed by atoms with Crippen molar-refractivity contribution in [1.29, 1.82) is 0 Å². The number of para-hydroxylation sites is 1. The van der Waals surface area contributed by atoms with E-state index in [9.17, 15) is 0 Å². The number of thiophene rings is 1. The van der Waals surface area contributed by atoms with Crippen molar-refractivity contribution in [2.24, 2.45) is 0 Å². The number of nitrogens with zero attached hydrogens (tertiary/aromatic N) is 5. The first-order valence-corrected chi connectivity index (χ1v) is 7.91. The monoisotopic (exact) mass is 315 g/mol. The Hall–Kier alpha value is -2.99. The van der Waals surface area contributed by atoms with Gasteiger partial charge in [-0.2, -0.15) is 0 Å². The normalized spacial score (nSPS) is 11.5. The van der Waals surface area contributed by atoms with Gasteiger partial charge in [0.15, 0.2) is 0 Å². The molecule has 0 radical (unpaired) electrons. The van der Waals surface area contributed by atoms with E-state index in [1.54, 1.807) is 23.7 Å². The van der Waals surface area contributed by atoms with E-state index in [2.05, 4.69) is 26.0 Å². The molecule has 1 aromatic carbocycles. The van der Waals surface area contributed by atoms with Gasteiger partial charge in [0.05, 0.1) is 22.1 Å². The summed E-state index contributed by atoms with van der Waals surface area (Å²) < 4.78 is 0.992. The smallest absolute Gasteiger partial charge is 0.144 e. The minimum atomic E-state index is 0.751. The number of hydrogen-bond acceptors (Lipinski definition) is 6. The van der Waals surface area contributed by atoms with Gasteiger partial charge < -0.3 is 0 Å². The van der Waals surface area contributed by atoms with Crippen molar-refractivity contribution in [3.05, 3.63) is 55.1 Å². The van der Waals surface area contributed by atoms with Crippen LogP contribution in [-0.2, 0) is 0 Å². The quantitative estimate of drug-likeness (QED) is 0.470. The fourth-order valence-electron chi connectivity index (χ4n) is 2.61. The largest absolute Gasteiger partial charge is 0.246 e. The summed E-state index contributed by atoms with van der Waals surface area (Å²) in [6.45, 7) is 0. The SMILES string of the molecule is c1ccc2nc(-c3cnc4sc5cncnc5c4n3)ccc2c1. The fraction of sp³-hybridized carbons (Fsp3) is 0. The summed E-state index contributed by atoms with van der Waals surface area (Å²) in [5.74, 6) is 0. The first kappa shape index (κ1) is 12.5. The van der Waals surface area contributed by atoms with Crippen LogP contribution in [0.4, 0.5) is 0 Å². The van der Waals surface area contributed by atoms with Gasteiger partial charge in [0, 0.05) is 11.6 Å². The molecule has 0 saturated carbocycles. The van der Waals surface area contributed by atoms with Crippen molar-refractivity contribution in [3.63, 3.8) is 0 Å². The van der Waals surface area contributed by atoms with E-state index in [4.69, 9.17) is 4.98 Å². The van der Waals surface area contributed by atoms with Crippen LogP contribution in [0.1, 0.15) is 0 Å². The Bertz CT molecular complexity index is 1180. The van der Waals surface area contributed by atoms with Gasteiger partial charge in [0.25, 0.3) is 0 Å². The van der Waals surface area contributed by atoms with Gasteiger partial charge in [-0.05, 0) is 12.1 Å². The zero-order valence-electron chi connectivity index (χ0n) is 11.8. The molecule has 0 atom stereocenters. The lowest BCUT2D eigenvalue weighted by molar-refractivity contribution is 1.22. The molecule has 4 aromatic heterocycles. The third-order valence-electron chi connectivity index (χ3n) is 3.71. The summed E-state index contributed by atoms with van der Waals surface area (Å²) >= 11 is 1.55. The van der Waals surface area contributed by atoms with Gasteiger partial charge in [-0.1, -0.05) is 24.3 Å². The van der Waals surface area contributed by atoms with Crippen LogP contribution in [0.25, 0.3) is 42.9 Å². The molecule has 4 heterocycles. The molecular formula is C17H9N5S. The van der Waals surface area contributed by atoms with Crippen LogP contribution in [0, 0.1) is 0 Å². The van der Waals surface area contributed by atoms with E-state index >= 15 is 0 Å². The van der Waals surface area contributed by atoms with Crippen molar-refractivity contribution < 1.29 is 0 Å². The minimum Gasteiger partial charge on any atom is -0.246 e. The van der Waals surface area contributed by atoms with Crippen molar-refractivity contribution in [2.75, 3.05) is 0 Å². The van der Waals surface area contributed by atoms with Crippen LogP contribution in [-0.4, -0.2) is 24.9 Å². The van der Waals surface area contributed by atoms with Gasteiger partial charge in [-0.3, -0.25) is 0 Å². The Morgan fingerprint density at radius 2 is 1.74 bits per heavy atom. The lowest BCUT2D eigenvalue weighted by atomic mass is 10.2. The predicted octanol–water partition coefficient (Wildman–Crippen LogP) is 3.85. The summed E-state index contributed by atoms with van der Waals surface area (Å²) in [5.41, 5.74) is 4.16. The van der Waals surface area contributed by atoms with Crippen LogP contribution >= 0.6 is 11.3 Å². The van der Waals surface area contributed by atoms with E-state index in [1.807, 2.05) is 30.3 Å². The Morgan fingerprint density at radius 3 is 2.74 bits per heavy atom. The average molecular weight is 315 g/mol. The molecule has 0 bridgehead atoms. The lowest BCUT2D eigenvalue weighted by Crippen LogP contribution is -1.90. The summed E-state index contributed by atoms with van der Waals surface area (Å²) in [7, 11) is 0. The summed E-state index contributed by atoms with van der Waals surface area (Å²) in [6.07, 6.45) is 5.10. The molecule has 5 aromatic rings. The molecule has 0 N–H and O–H groups in total. The van der Waals surface area contributed by atoms with Crippen molar-refractivity contribution in [1.82, 2.24) is 24.9 Å². The highest BCUT2D eigenvalue weighted by atomic mass is 32.1. The fourth-order valence-corrected chi connectivity index (χ4v) is 3.52. The molecule has 0 saturated heterocycles. The highest BCUT2D eigenvalue weighted by Gasteiger charge is 2.11. The number of benzene rings is 1. The molecule has 5 nitrogen and oxygen atoms in total. The molecule has 23 heavy (non-hydrogen) atoms. The van der Waals surface area contributed by atoms with Gasteiger partial charge in [-0.25, -0.2) is 24.9 Å². The number of fused-ring (bicyclic) bond motifs is 4. The Morgan fingerprint density at radius 1 is 0.783 bits per heavy atom. The average Bonchev–Trinajstić information content (AvgIpc) is 2.99. The maximum absolute atomic E-state index is 4.74. The molecule has 0 aliphatic rings. The molecule has 0 fully saturated rings. The van der Waals surface area contributed by atoms with Crippen molar-refractivity contribution >= 4 is 42.8 Å². The summed E-state index contributed by atoms with van der Waals surface area (Å²) in [6, 6.07) is 12.1. The molecule has 0 unspecified atom stereocenters. The van der Waals surface area contributed by atoms with Crippen LogP contribution in [0.15, 0.2) is 55.1 Å². The zero-order chi connectivity index (χ0) is 15.2. The van der Waals surface area contributed by atoms with Crippen molar-refractivity contribution in [3.8, 4) is 11.4 Å². The standard InChI is InChI=1S/C17H9N5S/c1-2-4-11-10(3-1)5-6-12(21-11)13-7-19-17-16(22-13)15-14(23-17)8-18-9-20-15/h1-9H. The molecule has 0 spiro atoms. The highest BCUT2D eigenvalue weighted by Crippen LogP contribution is 2.30. The maximum atomic E-state index is 4.74. The molecular weight excluding hydrogens is 306 g/mol. The third kappa shape index (κ3) is 1.96. The van der Waals surface area contributed by atoms with Crippen LogP contribution in [0.5, 0.6) is 0 Å². The number of hydrogen-bond donors (Lipinski definition) is 0. The summed E-state index contributed by atoms with van der Waals surface area (Å²) in [5, 5.41) is 1.11. The van der Waals surface area contributed by atoms with Crippen LogP contribution < -0.4 is 0 Å². The summed E-state index contributed by atoms with van der Waals surface area (Å²) in [4.78, 5) is 23.2. The van der Waals surface area contributed by atoms with Gasteiger partial charge in [0.2, 0.25) is 0 Å². The van der Waals surface area contributed by atoms with Gasteiger partial charge >= 0.3 is 0 Å². The Balaban J connectivity index is 1.76. The lowest BCUT2D eigenvalue weighted by Gasteiger charge is -2.02. The molecule has 0 aliphatic heterocycles. The first-order chi connectivity index (χ1) is 11.4. The predicted molar refractivity (Wildman–Crippen MR) is 91.2 cm³/mol. The van der Waals surface area contributed by atoms with E-state index in [0.717, 1.165) is 42.9 Å². The van der Waals surface area contributed by atoms with Crippen molar-refractivity contribution in [2.45, 2.75) is 0 Å². The molecule has 0 amide bonds. The highest BCUT2D eigenvalue weighted by molar-refractivity contribution is 7.25. The molecule has 108 valence electrons. The Labute approximate surface area is 134 Å².